The van der Waals surface area contributed by atoms with Crippen LogP contribution in [-0.2, 0) is 0 Å². The lowest BCUT2D eigenvalue weighted by atomic mass is 10.0. The van der Waals surface area contributed by atoms with Gasteiger partial charge in [0, 0.05) is 58.2 Å². The second-order valence-electron chi connectivity index (χ2n) is 7.54. The molecule has 3 rings (SSSR count). The van der Waals surface area contributed by atoms with Crippen molar-refractivity contribution in [1.82, 2.24) is 15.1 Å². The van der Waals surface area contributed by atoms with Crippen LogP contribution < -0.4 is 15.5 Å². The Morgan fingerprint density at radius 3 is 2.25 bits per heavy atom. The summed E-state index contributed by atoms with van der Waals surface area (Å²) in [6, 6.07) is 18.2. The number of anilines is 2. The van der Waals surface area contributed by atoms with Gasteiger partial charge in [0.2, 0.25) is 0 Å². The predicted molar refractivity (Wildman–Crippen MR) is 116 cm³/mol. The van der Waals surface area contributed by atoms with E-state index in [1.54, 1.807) is 0 Å². The summed E-state index contributed by atoms with van der Waals surface area (Å²) in [7, 11) is 6.24. The van der Waals surface area contributed by atoms with Crippen LogP contribution in [0.3, 0.4) is 0 Å². The maximum Gasteiger partial charge on any atom is 0.319 e. The molecule has 150 valence electrons. The molecule has 1 unspecified atom stereocenters. The van der Waals surface area contributed by atoms with Gasteiger partial charge in [0.25, 0.3) is 0 Å². The number of hydrogen-bond acceptors (Lipinski definition) is 4. The van der Waals surface area contributed by atoms with Crippen molar-refractivity contribution in [2.45, 2.75) is 6.04 Å². The molecule has 2 aromatic rings. The fraction of sp³-hybridized carbons (Fsp3) is 0.409. The van der Waals surface area contributed by atoms with Gasteiger partial charge in [0.15, 0.2) is 0 Å². The molecule has 0 spiro atoms. The van der Waals surface area contributed by atoms with Crippen LogP contribution in [0.5, 0.6) is 0 Å². The average molecular weight is 382 g/mol. The molecular formula is C22H31N5O. The van der Waals surface area contributed by atoms with E-state index in [4.69, 9.17) is 0 Å². The maximum absolute atomic E-state index is 12.4. The van der Waals surface area contributed by atoms with Gasteiger partial charge in [0.1, 0.15) is 0 Å². The van der Waals surface area contributed by atoms with Crippen LogP contribution in [0.25, 0.3) is 0 Å². The fourth-order valence-corrected chi connectivity index (χ4v) is 3.47. The van der Waals surface area contributed by atoms with Gasteiger partial charge < -0.3 is 20.4 Å². The average Bonchev–Trinajstić information content (AvgIpc) is 2.70. The Balaban J connectivity index is 1.68. The molecule has 1 aliphatic heterocycles. The number of nitrogens with one attached hydrogen (secondary N) is 2. The number of benzene rings is 2. The number of piperazine rings is 1. The molecular weight excluding hydrogens is 350 g/mol. The van der Waals surface area contributed by atoms with Crippen LogP contribution in [0.2, 0.25) is 0 Å². The lowest BCUT2D eigenvalue weighted by Crippen LogP contribution is -2.48. The lowest BCUT2D eigenvalue weighted by molar-refractivity contribution is 0.111. The van der Waals surface area contributed by atoms with Gasteiger partial charge in [-0.05, 0) is 36.9 Å². The molecule has 1 fully saturated rings. The first-order valence-corrected chi connectivity index (χ1v) is 9.83. The van der Waals surface area contributed by atoms with E-state index in [0.717, 1.165) is 31.9 Å². The quantitative estimate of drug-likeness (QED) is 0.808. The summed E-state index contributed by atoms with van der Waals surface area (Å²) in [5.74, 6) is 0. The number of urea groups is 1. The highest BCUT2D eigenvalue weighted by Crippen LogP contribution is 2.24. The van der Waals surface area contributed by atoms with Crippen LogP contribution >= 0.6 is 0 Å². The van der Waals surface area contributed by atoms with Gasteiger partial charge in [-0.1, -0.05) is 30.3 Å². The third-order valence-electron chi connectivity index (χ3n) is 5.26. The summed E-state index contributed by atoms with van der Waals surface area (Å²) in [5.41, 5.74) is 3.21. The summed E-state index contributed by atoms with van der Waals surface area (Å²) in [5, 5.41) is 5.96. The van der Waals surface area contributed by atoms with E-state index in [-0.39, 0.29) is 12.1 Å². The maximum atomic E-state index is 12.4. The second-order valence-corrected chi connectivity index (χ2v) is 7.54. The first-order chi connectivity index (χ1) is 13.5. The van der Waals surface area contributed by atoms with Crippen molar-refractivity contribution >= 4 is 17.4 Å². The fourth-order valence-electron chi connectivity index (χ4n) is 3.47. The normalized spacial score (nSPS) is 16.4. The molecule has 28 heavy (non-hydrogen) atoms. The Morgan fingerprint density at radius 2 is 1.64 bits per heavy atom. The summed E-state index contributed by atoms with van der Waals surface area (Å²) in [6.07, 6.45) is 0. The van der Waals surface area contributed by atoms with Crippen molar-refractivity contribution in [2.75, 3.05) is 64.1 Å². The summed E-state index contributed by atoms with van der Waals surface area (Å²) in [6.45, 7) is 4.66. The van der Waals surface area contributed by atoms with Gasteiger partial charge in [-0.15, -0.1) is 0 Å². The van der Waals surface area contributed by atoms with Crippen LogP contribution in [0.4, 0.5) is 16.2 Å². The molecule has 0 radical (unpaired) electrons. The highest BCUT2D eigenvalue weighted by atomic mass is 16.2. The van der Waals surface area contributed by atoms with Gasteiger partial charge in [0.05, 0.1) is 6.04 Å². The number of para-hydroxylation sites is 1. The molecule has 0 saturated carbocycles. The first kappa shape index (κ1) is 20.2. The van der Waals surface area contributed by atoms with E-state index in [0.29, 0.717) is 6.54 Å². The van der Waals surface area contributed by atoms with Gasteiger partial charge >= 0.3 is 6.03 Å². The van der Waals surface area contributed by atoms with E-state index in [2.05, 4.69) is 56.6 Å². The minimum atomic E-state index is -0.171. The second kappa shape index (κ2) is 9.57. The minimum Gasteiger partial charge on any atom is -0.378 e. The summed E-state index contributed by atoms with van der Waals surface area (Å²) in [4.78, 5) is 19.3. The van der Waals surface area contributed by atoms with Crippen LogP contribution in [0.15, 0.2) is 54.6 Å². The molecule has 2 aromatic carbocycles. The zero-order valence-corrected chi connectivity index (χ0v) is 17.1. The molecule has 6 heteroatoms. The van der Waals surface area contributed by atoms with Crippen LogP contribution in [-0.4, -0.2) is 69.7 Å². The number of amides is 2. The molecule has 2 amide bonds. The standard InChI is InChI=1S/C22H31N5O/c1-25(2)20-11-9-18(10-12-20)21(27-15-13-26(3)14-16-27)17-23-22(28)24-19-7-5-4-6-8-19/h4-12,21H,13-17H2,1-3H3,(H2,23,24,28). The Labute approximate surface area is 168 Å². The van der Waals surface area contributed by atoms with Crippen molar-refractivity contribution in [1.29, 1.82) is 0 Å². The van der Waals surface area contributed by atoms with E-state index < -0.39 is 0 Å². The zero-order chi connectivity index (χ0) is 19.9. The van der Waals surface area contributed by atoms with Crippen molar-refractivity contribution < 1.29 is 4.79 Å². The van der Waals surface area contributed by atoms with Gasteiger partial charge in [-0.2, -0.15) is 0 Å². The Hall–Kier alpha value is -2.57. The third kappa shape index (κ3) is 5.47. The van der Waals surface area contributed by atoms with Gasteiger partial charge in [-0.3, -0.25) is 4.90 Å². The number of carbonyl (C=O) groups excluding carboxylic acids is 1. The topological polar surface area (TPSA) is 50.9 Å². The van der Waals surface area contributed by atoms with Crippen molar-refractivity contribution in [2.24, 2.45) is 0 Å². The van der Waals surface area contributed by atoms with Crippen LogP contribution in [0, 0.1) is 0 Å². The molecule has 1 atom stereocenters. The Morgan fingerprint density at radius 1 is 1.00 bits per heavy atom. The number of hydrogen-bond donors (Lipinski definition) is 2. The molecule has 1 aliphatic rings. The SMILES string of the molecule is CN1CCN(C(CNC(=O)Nc2ccccc2)c2ccc(N(C)C)cc2)CC1. The molecule has 1 heterocycles. The molecule has 0 aliphatic carbocycles. The highest BCUT2D eigenvalue weighted by Gasteiger charge is 2.24. The summed E-state index contributed by atoms with van der Waals surface area (Å²) < 4.78 is 0. The molecule has 2 N–H and O–H groups in total. The lowest BCUT2D eigenvalue weighted by Gasteiger charge is -2.38. The molecule has 1 saturated heterocycles. The Kier molecular flexibility index (Phi) is 6.90. The molecule has 0 aromatic heterocycles. The van der Waals surface area contributed by atoms with Crippen molar-refractivity contribution in [3.63, 3.8) is 0 Å². The Bertz CT molecular complexity index is 739. The smallest absolute Gasteiger partial charge is 0.319 e. The number of carbonyl (C=O) groups is 1. The van der Waals surface area contributed by atoms with E-state index in [9.17, 15) is 4.79 Å². The zero-order valence-electron chi connectivity index (χ0n) is 17.1. The highest BCUT2D eigenvalue weighted by molar-refractivity contribution is 5.89. The van der Waals surface area contributed by atoms with Crippen molar-refractivity contribution in [3.8, 4) is 0 Å². The third-order valence-corrected chi connectivity index (χ3v) is 5.26. The largest absolute Gasteiger partial charge is 0.378 e. The van der Waals surface area contributed by atoms with Crippen molar-refractivity contribution in [3.05, 3.63) is 60.2 Å². The molecule has 0 bridgehead atoms. The van der Waals surface area contributed by atoms with Crippen LogP contribution in [0.1, 0.15) is 11.6 Å². The number of likely N-dealkylation sites (N-methyl/N-ethyl adjacent to an activating group) is 1. The van der Waals surface area contributed by atoms with Gasteiger partial charge in [-0.25, -0.2) is 4.79 Å². The minimum absolute atomic E-state index is 0.159. The van der Waals surface area contributed by atoms with E-state index in [1.807, 2.05) is 44.4 Å². The monoisotopic (exact) mass is 381 g/mol. The predicted octanol–water partition coefficient (Wildman–Crippen LogP) is 2.86. The number of rotatable bonds is 6. The molecule has 6 nitrogen and oxygen atoms in total. The summed E-state index contributed by atoms with van der Waals surface area (Å²) >= 11 is 0. The van der Waals surface area contributed by atoms with E-state index >= 15 is 0 Å². The first-order valence-electron chi connectivity index (χ1n) is 9.83. The number of nitrogens with zero attached hydrogens (tertiary/aromatic N) is 3. The van der Waals surface area contributed by atoms with E-state index in [1.165, 1.54) is 11.3 Å².